The summed E-state index contributed by atoms with van der Waals surface area (Å²) in [6.07, 6.45) is 0. The van der Waals surface area contributed by atoms with E-state index < -0.39 is 11.6 Å². The third-order valence-electron chi connectivity index (χ3n) is 4.09. The second kappa shape index (κ2) is 6.71. The Morgan fingerprint density at radius 1 is 1.30 bits per heavy atom. The minimum Gasteiger partial charge on any atom is -0.355 e. The van der Waals surface area contributed by atoms with Crippen LogP contribution >= 0.6 is 11.8 Å². The Balaban J connectivity index is 1.63. The number of rotatable bonds is 4. The van der Waals surface area contributed by atoms with Crippen LogP contribution in [0.2, 0.25) is 0 Å². The maximum Gasteiger partial charge on any atom is 0.228 e. The van der Waals surface area contributed by atoms with E-state index in [2.05, 4.69) is 5.32 Å². The number of fused-ring (bicyclic) bond motifs is 1. The van der Waals surface area contributed by atoms with Crippen LogP contribution in [0, 0.1) is 11.6 Å². The molecule has 120 valence electrons. The molecular weight excluding hydrogens is 316 g/mol. The van der Waals surface area contributed by atoms with Crippen LogP contribution < -0.4 is 5.32 Å². The Morgan fingerprint density at radius 2 is 2.09 bits per heavy atom. The molecule has 2 nitrogen and oxygen atoms in total. The molecule has 1 heterocycles. The second-order valence-electron chi connectivity index (χ2n) is 5.71. The minimum atomic E-state index is -0.595. The van der Waals surface area contributed by atoms with Gasteiger partial charge < -0.3 is 5.32 Å². The Hall–Kier alpha value is -1.88. The number of hydrogen-bond donors (Lipinski definition) is 1. The van der Waals surface area contributed by atoms with Gasteiger partial charge in [0.1, 0.15) is 11.6 Å². The molecule has 2 atom stereocenters. The van der Waals surface area contributed by atoms with E-state index in [4.69, 9.17) is 0 Å². The third-order valence-corrected chi connectivity index (χ3v) is 5.28. The van der Waals surface area contributed by atoms with Crippen molar-refractivity contribution in [3.8, 4) is 0 Å². The van der Waals surface area contributed by atoms with Crippen molar-refractivity contribution in [2.75, 3.05) is 12.3 Å². The van der Waals surface area contributed by atoms with Crippen molar-refractivity contribution in [3.05, 3.63) is 65.2 Å². The van der Waals surface area contributed by atoms with Crippen molar-refractivity contribution in [1.82, 2.24) is 5.32 Å². The Kier molecular flexibility index (Phi) is 4.66. The van der Waals surface area contributed by atoms with Gasteiger partial charge in [-0.2, -0.15) is 0 Å². The summed E-state index contributed by atoms with van der Waals surface area (Å²) in [7, 11) is 0. The summed E-state index contributed by atoms with van der Waals surface area (Å²) in [6, 6.07) is 11.4. The highest BCUT2D eigenvalue weighted by atomic mass is 32.2. The molecule has 23 heavy (non-hydrogen) atoms. The smallest absolute Gasteiger partial charge is 0.228 e. The number of benzene rings is 2. The van der Waals surface area contributed by atoms with E-state index in [0.717, 1.165) is 22.3 Å². The molecule has 0 fully saturated rings. The van der Waals surface area contributed by atoms with Crippen LogP contribution in [0.15, 0.2) is 47.4 Å². The summed E-state index contributed by atoms with van der Waals surface area (Å²) in [6.45, 7) is 2.14. The predicted octanol–water partition coefficient (Wildman–Crippen LogP) is 4.07. The SMILES string of the molecule is CC(CNC(=O)C1CSc2ccccc21)c1ccc(F)cc1F. The van der Waals surface area contributed by atoms with Crippen molar-refractivity contribution in [2.24, 2.45) is 0 Å². The lowest BCUT2D eigenvalue weighted by Crippen LogP contribution is -2.32. The molecule has 2 aromatic rings. The molecule has 1 amide bonds. The van der Waals surface area contributed by atoms with Gasteiger partial charge in [-0.1, -0.05) is 31.2 Å². The molecule has 0 aliphatic carbocycles. The quantitative estimate of drug-likeness (QED) is 0.914. The molecule has 0 saturated carbocycles. The molecule has 5 heteroatoms. The fraction of sp³-hybridized carbons (Fsp3) is 0.278. The van der Waals surface area contributed by atoms with Gasteiger partial charge in [-0.15, -0.1) is 11.8 Å². The van der Waals surface area contributed by atoms with Gasteiger partial charge in [0, 0.05) is 29.2 Å². The van der Waals surface area contributed by atoms with Gasteiger partial charge in [0.25, 0.3) is 0 Å². The van der Waals surface area contributed by atoms with Crippen LogP contribution in [0.1, 0.15) is 29.9 Å². The normalized spacial score (nSPS) is 17.6. The number of nitrogens with one attached hydrogen (secondary N) is 1. The molecule has 0 aromatic heterocycles. The van der Waals surface area contributed by atoms with Crippen LogP contribution in [0.25, 0.3) is 0 Å². The Bertz CT molecular complexity index is 735. The molecule has 0 spiro atoms. The molecular formula is C18H17F2NOS. The van der Waals surface area contributed by atoms with Crippen LogP contribution in [-0.4, -0.2) is 18.2 Å². The van der Waals surface area contributed by atoms with E-state index in [1.807, 2.05) is 31.2 Å². The molecule has 0 radical (unpaired) electrons. The van der Waals surface area contributed by atoms with E-state index in [-0.39, 0.29) is 17.7 Å². The highest BCUT2D eigenvalue weighted by Gasteiger charge is 2.29. The molecule has 0 bridgehead atoms. The van der Waals surface area contributed by atoms with Gasteiger partial charge >= 0.3 is 0 Å². The largest absolute Gasteiger partial charge is 0.355 e. The number of halogens is 2. The first-order valence-corrected chi connectivity index (χ1v) is 8.49. The van der Waals surface area contributed by atoms with Crippen LogP contribution in [0.3, 0.4) is 0 Å². The minimum absolute atomic E-state index is 0.0446. The average Bonchev–Trinajstić information content (AvgIpc) is 2.96. The summed E-state index contributed by atoms with van der Waals surface area (Å²) >= 11 is 1.68. The maximum atomic E-state index is 13.8. The van der Waals surface area contributed by atoms with Gasteiger partial charge in [0.15, 0.2) is 0 Å². The number of thioether (sulfide) groups is 1. The van der Waals surface area contributed by atoms with Crippen molar-refractivity contribution in [3.63, 3.8) is 0 Å². The van der Waals surface area contributed by atoms with Crippen LogP contribution in [-0.2, 0) is 4.79 Å². The summed E-state index contributed by atoms with van der Waals surface area (Å²) in [5, 5.41) is 2.89. The zero-order valence-corrected chi connectivity index (χ0v) is 13.5. The number of carbonyl (C=O) groups is 1. The van der Waals surface area contributed by atoms with Gasteiger partial charge in [0.2, 0.25) is 5.91 Å². The van der Waals surface area contributed by atoms with Crippen LogP contribution in [0.5, 0.6) is 0 Å². The predicted molar refractivity (Wildman–Crippen MR) is 87.7 cm³/mol. The zero-order valence-electron chi connectivity index (χ0n) is 12.7. The topological polar surface area (TPSA) is 29.1 Å². The molecule has 1 aliphatic rings. The fourth-order valence-corrected chi connectivity index (χ4v) is 4.00. The molecule has 1 aliphatic heterocycles. The lowest BCUT2D eigenvalue weighted by molar-refractivity contribution is -0.122. The summed E-state index contributed by atoms with van der Waals surface area (Å²) in [5.41, 5.74) is 1.46. The first kappa shape index (κ1) is 16.0. The average molecular weight is 333 g/mol. The molecule has 2 aromatic carbocycles. The Morgan fingerprint density at radius 3 is 2.87 bits per heavy atom. The monoisotopic (exact) mass is 333 g/mol. The fourth-order valence-electron chi connectivity index (χ4n) is 2.77. The standard InChI is InChI=1S/C18H17F2NOS/c1-11(13-7-6-12(19)8-16(13)20)9-21-18(22)15-10-23-17-5-3-2-4-14(15)17/h2-8,11,15H,9-10H2,1H3,(H,21,22). The zero-order chi connectivity index (χ0) is 16.4. The van der Waals surface area contributed by atoms with E-state index in [1.54, 1.807) is 11.8 Å². The Labute approximate surface area is 138 Å². The number of carbonyl (C=O) groups excluding carboxylic acids is 1. The molecule has 2 unspecified atom stereocenters. The maximum absolute atomic E-state index is 13.8. The molecule has 3 rings (SSSR count). The third kappa shape index (κ3) is 3.39. The van der Waals surface area contributed by atoms with Crippen molar-refractivity contribution in [1.29, 1.82) is 0 Å². The van der Waals surface area contributed by atoms with Crippen molar-refractivity contribution in [2.45, 2.75) is 23.7 Å². The van der Waals surface area contributed by atoms with Gasteiger partial charge in [-0.3, -0.25) is 4.79 Å². The van der Waals surface area contributed by atoms with Gasteiger partial charge in [-0.25, -0.2) is 8.78 Å². The van der Waals surface area contributed by atoms with Crippen LogP contribution in [0.4, 0.5) is 8.78 Å². The number of amides is 1. The summed E-state index contributed by atoms with van der Waals surface area (Å²) in [4.78, 5) is 13.5. The van der Waals surface area contributed by atoms with Crippen molar-refractivity contribution >= 4 is 17.7 Å². The lowest BCUT2D eigenvalue weighted by atomic mass is 9.98. The summed E-state index contributed by atoms with van der Waals surface area (Å²) in [5.74, 6) is -0.873. The second-order valence-corrected chi connectivity index (χ2v) is 6.78. The van der Waals surface area contributed by atoms with Gasteiger partial charge in [0.05, 0.1) is 5.92 Å². The van der Waals surface area contributed by atoms with E-state index in [0.29, 0.717) is 12.1 Å². The first-order valence-electron chi connectivity index (χ1n) is 7.50. The van der Waals surface area contributed by atoms with Crippen molar-refractivity contribution < 1.29 is 13.6 Å². The van der Waals surface area contributed by atoms with E-state index in [9.17, 15) is 13.6 Å². The number of hydrogen-bond acceptors (Lipinski definition) is 2. The first-order chi connectivity index (χ1) is 11.1. The molecule has 0 saturated heterocycles. The van der Waals surface area contributed by atoms with Gasteiger partial charge in [-0.05, 0) is 23.3 Å². The highest BCUT2D eigenvalue weighted by molar-refractivity contribution is 7.99. The molecule has 1 N–H and O–H groups in total. The highest BCUT2D eigenvalue weighted by Crippen LogP contribution is 2.39. The van der Waals surface area contributed by atoms with E-state index in [1.165, 1.54) is 12.1 Å². The van der Waals surface area contributed by atoms with E-state index >= 15 is 0 Å². The lowest BCUT2D eigenvalue weighted by Gasteiger charge is -2.16. The summed E-state index contributed by atoms with van der Waals surface area (Å²) < 4.78 is 26.7.